The highest BCUT2D eigenvalue weighted by Crippen LogP contribution is 2.20. The third kappa shape index (κ3) is 3.24. The molecule has 4 heteroatoms. The number of carbonyl (C=O) groups is 1. The number of amides is 1. The van der Waals surface area contributed by atoms with E-state index in [0.717, 1.165) is 11.3 Å². The minimum Gasteiger partial charge on any atom is -0.383 e. The lowest BCUT2D eigenvalue weighted by Crippen LogP contribution is -2.39. The topological polar surface area (TPSA) is 64.9 Å². The molecule has 18 heavy (non-hydrogen) atoms. The summed E-state index contributed by atoms with van der Waals surface area (Å²) < 4.78 is 0. The molecule has 0 heterocycles. The van der Waals surface area contributed by atoms with Crippen LogP contribution in [0.1, 0.15) is 25.0 Å². The summed E-state index contributed by atoms with van der Waals surface area (Å²) in [6.07, 6.45) is 0. The Bertz CT molecular complexity index is 486. The van der Waals surface area contributed by atoms with Crippen LogP contribution in [0.2, 0.25) is 0 Å². The van der Waals surface area contributed by atoms with Crippen LogP contribution >= 0.6 is 0 Å². The van der Waals surface area contributed by atoms with Crippen molar-refractivity contribution in [1.82, 2.24) is 5.32 Å². The number of nitriles is 1. The lowest BCUT2D eigenvalue weighted by atomic mass is 9.92. The Balaban J connectivity index is 2.84. The number of carbonyl (C=O) groups excluding carboxylic acids is 1. The normalized spacial score (nSPS) is 10.6. The number of nitrogens with zero attached hydrogens (tertiary/aromatic N) is 1. The third-order valence-electron chi connectivity index (χ3n) is 2.86. The maximum atomic E-state index is 11.7. The van der Waals surface area contributed by atoms with Crippen LogP contribution in [0.4, 0.5) is 5.69 Å². The van der Waals surface area contributed by atoms with E-state index in [1.807, 2.05) is 32.9 Å². The first-order valence-electron chi connectivity index (χ1n) is 5.87. The van der Waals surface area contributed by atoms with Crippen molar-refractivity contribution >= 4 is 11.6 Å². The van der Waals surface area contributed by atoms with Crippen molar-refractivity contribution in [2.24, 2.45) is 5.41 Å². The Kier molecular flexibility index (Phi) is 4.33. The van der Waals surface area contributed by atoms with Gasteiger partial charge in [0.1, 0.15) is 6.07 Å². The second-order valence-corrected chi connectivity index (χ2v) is 4.98. The van der Waals surface area contributed by atoms with Gasteiger partial charge in [-0.2, -0.15) is 5.26 Å². The van der Waals surface area contributed by atoms with Gasteiger partial charge < -0.3 is 10.6 Å². The Morgan fingerprint density at radius 1 is 1.44 bits per heavy atom. The number of nitrogens with one attached hydrogen (secondary N) is 2. The summed E-state index contributed by atoms with van der Waals surface area (Å²) in [6.45, 7) is 6.17. The van der Waals surface area contributed by atoms with Crippen molar-refractivity contribution in [3.05, 3.63) is 29.3 Å². The zero-order chi connectivity index (χ0) is 13.8. The fourth-order valence-corrected chi connectivity index (χ4v) is 1.64. The van der Waals surface area contributed by atoms with E-state index in [2.05, 4.69) is 16.7 Å². The van der Waals surface area contributed by atoms with E-state index in [1.54, 1.807) is 13.1 Å². The van der Waals surface area contributed by atoms with Crippen molar-refractivity contribution in [2.75, 3.05) is 18.9 Å². The highest BCUT2D eigenvalue weighted by atomic mass is 16.2. The third-order valence-corrected chi connectivity index (χ3v) is 2.86. The molecule has 1 amide bonds. The number of benzene rings is 1. The highest BCUT2D eigenvalue weighted by molar-refractivity contribution is 5.82. The molecule has 0 unspecified atom stereocenters. The molecule has 0 saturated carbocycles. The minimum atomic E-state index is -0.523. The average Bonchev–Trinajstić information content (AvgIpc) is 2.35. The number of aryl methyl sites for hydroxylation is 1. The summed E-state index contributed by atoms with van der Waals surface area (Å²) in [6, 6.07) is 7.73. The van der Waals surface area contributed by atoms with Crippen LogP contribution in [0, 0.1) is 23.7 Å². The molecule has 0 aromatic heterocycles. The Morgan fingerprint density at radius 2 is 2.11 bits per heavy atom. The molecule has 1 aromatic rings. The molecule has 0 aliphatic carbocycles. The zero-order valence-electron chi connectivity index (χ0n) is 11.3. The lowest BCUT2D eigenvalue weighted by Gasteiger charge is -2.23. The molecule has 0 fully saturated rings. The molecule has 0 bridgehead atoms. The number of hydrogen-bond donors (Lipinski definition) is 2. The van der Waals surface area contributed by atoms with Gasteiger partial charge in [-0.25, -0.2) is 0 Å². The van der Waals surface area contributed by atoms with Crippen LogP contribution in [0.15, 0.2) is 18.2 Å². The van der Waals surface area contributed by atoms with Crippen molar-refractivity contribution < 1.29 is 4.79 Å². The Labute approximate surface area is 108 Å². The molecule has 1 aromatic carbocycles. The van der Waals surface area contributed by atoms with Crippen LogP contribution in [0.5, 0.6) is 0 Å². The van der Waals surface area contributed by atoms with Gasteiger partial charge in [-0.1, -0.05) is 6.07 Å². The van der Waals surface area contributed by atoms with Crippen LogP contribution < -0.4 is 10.6 Å². The summed E-state index contributed by atoms with van der Waals surface area (Å²) in [4.78, 5) is 11.7. The minimum absolute atomic E-state index is 0.0267. The summed E-state index contributed by atoms with van der Waals surface area (Å²) in [5.41, 5.74) is 1.92. The molecule has 4 nitrogen and oxygen atoms in total. The smallest absolute Gasteiger partial charge is 0.227 e. The number of anilines is 1. The van der Waals surface area contributed by atoms with Crippen molar-refractivity contribution in [3.8, 4) is 6.07 Å². The second-order valence-electron chi connectivity index (χ2n) is 4.98. The van der Waals surface area contributed by atoms with Crippen LogP contribution in [-0.2, 0) is 4.79 Å². The van der Waals surface area contributed by atoms with Gasteiger partial charge in [-0.15, -0.1) is 0 Å². The standard InChI is InChI=1S/C14H19N3O/c1-10-5-6-11(8-15)12(7-10)17-9-14(2,3)13(18)16-4/h5-7,17H,9H2,1-4H3,(H,16,18). The van der Waals surface area contributed by atoms with E-state index >= 15 is 0 Å². The van der Waals surface area contributed by atoms with Gasteiger partial charge in [-0.3, -0.25) is 4.79 Å². The molecule has 0 aliphatic rings. The van der Waals surface area contributed by atoms with E-state index in [4.69, 9.17) is 5.26 Å². The summed E-state index contributed by atoms with van der Waals surface area (Å²) in [7, 11) is 1.62. The fourth-order valence-electron chi connectivity index (χ4n) is 1.64. The molecule has 0 atom stereocenters. The molecule has 2 N–H and O–H groups in total. The number of rotatable bonds is 4. The van der Waals surface area contributed by atoms with E-state index in [0.29, 0.717) is 12.1 Å². The van der Waals surface area contributed by atoms with Crippen LogP contribution in [0.3, 0.4) is 0 Å². The monoisotopic (exact) mass is 245 g/mol. The molecule has 0 saturated heterocycles. The van der Waals surface area contributed by atoms with E-state index in [9.17, 15) is 4.79 Å². The van der Waals surface area contributed by atoms with Gasteiger partial charge in [0, 0.05) is 13.6 Å². The van der Waals surface area contributed by atoms with Gasteiger partial charge in [-0.05, 0) is 38.5 Å². The van der Waals surface area contributed by atoms with Crippen molar-refractivity contribution in [2.45, 2.75) is 20.8 Å². The van der Waals surface area contributed by atoms with Crippen LogP contribution in [-0.4, -0.2) is 19.5 Å². The zero-order valence-corrected chi connectivity index (χ0v) is 11.3. The second kappa shape index (κ2) is 5.54. The van der Waals surface area contributed by atoms with Gasteiger partial charge in [0.15, 0.2) is 0 Å². The van der Waals surface area contributed by atoms with Gasteiger partial charge >= 0.3 is 0 Å². The number of hydrogen-bond acceptors (Lipinski definition) is 3. The summed E-state index contributed by atoms with van der Waals surface area (Å²) >= 11 is 0. The van der Waals surface area contributed by atoms with Crippen LogP contribution in [0.25, 0.3) is 0 Å². The first-order valence-corrected chi connectivity index (χ1v) is 5.87. The molecule has 1 rings (SSSR count). The molecule has 0 radical (unpaired) electrons. The molecule has 96 valence electrons. The van der Waals surface area contributed by atoms with Gasteiger partial charge in [0.25, 0.3) is 0 Å². The van der Waals surface area contributed by atoms with E-state index in [-0.39, 0.29) is 5.91 Å². The molecular weight excluding hydrogens is 226 g/mol. The van der Waals surface area contributed by atoms with Gasteiger partial charge in [0.2, 0.25) is 5.91 Å². The predicted octanol–water partition coefficient (Wildman–Crippen LogP) is 2.05. The van der Waals surface area contributed by atoms with E-state index in [1.165, 1.54) is 0 Å². The quantitative estimate of drug-likeness (QED) is 0.853. The lowest BCUT2D eigenvalue weighted by molar-refractivity contribution is -0.128. The molecule has 0 aliphatic heterocycles. The highest BCUT2D eigenvalue weighted by Gasteiger charge is 2.26. The largest absolute Gasteiger partial charge is 0.383 e. The first-order chi connectivity index (χ1) is 8.40. The maximum absolute atomic E-state index is 11.7. The summed E-state index contributed by atoms with van der Waals surface area (Å²) in [5.74, 6) is -0.0267. The Hall–Kier alpha value is -2.02. The molecule has 0 spiro atoms. The first kappa shape index (κ1) is 14.0. The average molecular weight is 245 g/mol. The Morgan fingerprint density at radius 3 is 2.67 bits per heavy atom. The predicted molar refractivity (Wildman–Crippen MR) is 72.2 cm³/mol. The maximum Gasteiger partial charge on any atom is 0.227 e. The summed E-state index contributed by atoms with van der Waals surface area (Å²) in [5, 5.41) is 14.8. The van der Waals surface area contributed by atoms with Crippen molar-refractivity contribution in [1.29, 1.82) is 5.26 Å². The van der Waals surface area contributed by atoms with E-state index < -0.39 is 5.41 Å². The fraction of sp³-hybridized carbons (Fsp3) is 0.429. The molecular formula is C14H19N3O. The van der Waals surface area contributed by atoms with Gasteiger partial charge in [0.05, 0.1) is 16.7 Å². The van der Waals surface area contributed by atoms with Crippen molar-refractivity contribution in [3.63, 3.8) is 0 Å². The SMILES string of the molecule is CNC(=O)C(C)(C)CNc1cc(C)ccc1C#N.